The summed E-state index contributed by atoms with van der Waals surface area (Å²) >= 11 is 1.79. The van der Waals surface area contributed by atoms with Crippen molar-refractivity contribution in [2.24, 2.45) is 5.92 Å². The number of ether oxygens (including phenoxy) is 1. The van der Waals surface area contributed by atoms with Gasteiger partial charge in [-0.3, -0.25) is 0 Å². The minimum absolute atomic E-state index is 0.236. The van der Waals surface area contributed by atoms with Crippen molar-refractivity contribution in [1.82, 2.24) is 0 Å². The molecule has 1 fully saturated rings. The predicted octanol–water partition coefficient (Wildman–Crippen LogP) is 1.69. The Labute approximate surface area is 82.2 Å². The van der Waals surface area contributed by atoms with Gasteiger partial charge in [-0.1, -0.05) is 6.07 Å². The summed E-state index contributed by atoms with van der Waals surface area (Å²) in [5, 5.41) is 11.6. The van der Waals surface area contributed by atoms with Crippen LogP contribution in [0.5, 0.6) is 0 Å². The Morgan fingerprint density at radius 2 is 2.46 bits per heavy atom. The van der Waals surface area contributed by atoms with Crippen molar-refractivity contribution in [2.75, 3.05) is 13.2 Å². The SMILES string of the molecule is OC1COCC1CCc1cccs1. The quantitative estimate of drug-likeness (QED) is 0.801. The summed E-state index contributed by atoms with van der Waals surface area (Å²) in [4.78, 5) is 1.40. The van der Waals surface area contributed by atoms with Gasteiger partial charge in [-0.15, -0.1) is 11.3 Å². The fourth-order valence-corrected chi connectivity index (χ4v) is 2.37. The fourth-order valence-electron chi connectivity index (χ4n) is 1.65. The molecular formula is C10H14O2S. The molecule has 1 aliphatic heterocycles. The molecule has 1 N–H and O–H groups in total. The van der Waals surface area contributed by atoms with E-state index in [0.29, 0.717) is 12.5 Å². The molecule has 72 valence electrons. The Kier molecular flexibility index (Phi) is 2.98. The molecule has 0 aromatic carbocycles. The number of aryl methyl sites for hydroxylation is 1. The van der Waals surface area contributed by atoms with E-state index in [2.05, 4.69) is 17.5 Å². The lowest BCUT2D eigenvalue weighted by atomic mass is 10.00. The van der Waals surface area contributed by atoms with E-state index < -0.39 is 0 Å². The third kappa shape index (κ3) is 2.30. The maximum Gasteiger partial charge on any atom is 0.0823 e. The molecule has 1 aliphatic rings. The van der Waals surface area contributed by atoms with E-state index in [9.17, 15) is 5.11 Å². The van der Waals surface area contributed by atoms with Gasteiger partial charge in [-0.25, -0.2) is 0 Å². The van der Waals surface area contributed by atoms with Gasteiger partial charge in [0.2, 0.25) is 0 Å². The molecule has 0 amide bonds. The van der Waals surface area contributed by atoms with Crippen molar-refractivity contribution >= 4 is 11.3 Å². The highest BCUT2D eigenvalue weighted by Crippen LogP contribution is 2.21. The first-order valence-electron chi connectivity index (χ1n) is 4.64. The molecule has 0 radical (unpaired) electrons. The van der Waals surface area contributed by atoms with Crippen LogP contribution in [-0.4, -0.2) is 24.4 Å². The summed E-state index contributed by atoms with van der Waals surface area (Å²) in [7, 11) is 0. The molecule has 2 nitrogen and oxygen atoms in total. The fraction of sp³-hybridized carbons (Fsp3) is 0.600. The first kappa shape index (κ1) is 9.19. The van der Waals surface area contributed by atoms with Crippen molar-refractivity contribution in [3.63, 3.8) is 0 Å². The number of aliphatic hydroxyl groups excluding tert-OH is 1. The number of hydrogen-bond acceptors (Lipinski definition) is 3. The molecule has 3 heteroatoms. The summed E-state index contributed by atoms with van der Waals surface area (Å²) < 4.78 is 5.19. The summed E-state index contributed by atoms with van der Waals surface area (Å²) in [5.74, 6) is 0.349. The summed E-state index contributed by atoms with van der Waals surface area (Å²) in [5.41, 5.74) is 0. The van der Waals surface area contributed by atoms with Crippen molar-refractivity contribution < 1.29 is 9.84 Å². The molecular weight excluding hydrogens is 184 g/mol. The van der Waals surface area contributed by atoms with E-state index >= 15 is 0 Å². The lowest BCUT2D eigenvalue weighted by Gasteiger charge is -2.10. The van der Waals surface area contributed by atoms with E-state index in [4.69, 9.17) is 4.74 Å². The van der Waals surface area contributed by atoms with Gasteiger partial charge in [0.05, 0.1) is 19.3 Å². The second kappa shape index (κ2) is 4.22. The average molecular weight is 198 g/mol. The van der Waals surface area contributed by atoms with Crippen molar-refractivity contribution in [3.05, 3.63) is 22.4 Å². The summed E-state index contributed by atoms with van der Waals surface area (Å²) in [6.45, 7) is 1.25. The Hall–Kier alpha value is -0.380. The standard InChI is InChI=1S/C10H14O2S/c11-10-7-12-6-8(10)3-4-9-2-1-5-13-9/h1-2,5,8,10-11H,3-4,6-7H2. The summed E-state index contributed by atoms with van der Waals surface area (Å²) in [6.07, 6.45) is 1.88. The van der Waals surface area contributed by atoms with Crippen molar-refractivity contribution in [3.8, 4) is 0 Å². The highest BCUT2D eigenvalue weighted by Gasteiger charge is 2.25. The lowest BCUT2D eigenvalue weighted by Crippen LogP contribution is -2.18. The number of hydrogen-bond donors (Lipinski definition) is 1. The van der Waals surface area contributed by atoms with Crippen LogP contribution in [0.15, 0.2) is 17.5 Å². The van der Waals surface area contributed by atoms with Gasteiger partial charge >= 0.3 is 0 Å². The molecule has 0 saturated carbocycles. The van der Waals surface area contributed by atoms with Gasteiger partial charge in [0, 0.05) is 10.8 Å². The topological polar surface area (TPSA) is 29.5 Å². The Morgan fingerprint density at radius 3 is 3.08 bits per heavy atom. The van der Waals surface area contributed by atoms with Gasteiger partial charge in [0.1, 0.15) is 0 Å². The van der Waals surface area contributed by atoms with Gasteiger partial charge in [0.25, 0.3) is 0 Å². The van der Waals surface area contributed by atoms with Gasteiger partial charge in [-0.05, 0) is 24.3 Å². The van der Waals surface area contributed by atoms with Gasteiger partial charge < -0.3 is 9.84 Å². The third-order valence-electron chi connectivity index (χ3n) is 2.51. The van der Waals surface area contributed by atoms with Crippen LogP contribution in [0.25, 0.3) is 0 Å². The van der Waals surface area contributed by atoms with Crippen LogP contribution in [0.3, 0.4) is 0 Å². The van der Waals surface area contributed by atoms with E-state index in [-0.39, 0.29) is 6.10 Å². The van der Waals surface area contributed by atoms with Gasteiger partial charge in [-0.2, -0.15) is 0 Å². The van der Waals surface area contributed by atoms with E-state index in [0.717, 1.165) is 19.4 Å². The molecule has 2 unspecified atom stereocenters. The van der Waals surface area contributed by atoms with Crippen LogP contribution in [-0.2, 0) is 11.2 Å². The average Bonchev–Trinajstić information content (AvgIpc) is 2.72. The van der Waals surface area contributed by atoms with E-state index in [1.165, 1.54) is 4.88 Å². The minimum Gasteiger partial charge on any atom is -0.390 e. The molecule has 1 aromatic heterocycles. The number of rotatable bonds is 3. The predicted molar refractivity (Wildman–Crippen MR) is 53.0 cm³/mol. The molecule has 2 heterocycles. The molecule has 1 saturated heterocycles. The highest BCUT2D eigenvalue weighted by atomic mass is 32.1. The van der Waals surface area contributed by atoms with Crippen LogP contribution in [0.1, 0.15) is 11.3 Å². The molecule has 2 atom stereocenters. The Bertz CT molecular complexity index is 245. The van der Waals surface area contributed by atoms with Gasteiger partial charge in [0.15, 0.2) is 0 Å². The van der Waals surface area contributed by atoms with Crippen LogP contribution in [0.4, 0.5) is 0 Å². The van der Waals surface area contributed by atoms with Crippen LogP contribution >= 0.6 is 11.3 Å². The maximum absolute atomic E-state index is 9.50. The highest BCUT2D eigenvalue weighted by molar-refractivity contribution is 7.09. The monoisotopic (exact) mass is 198 g/mol. The largest absolute Gasteiger partial charge is 0.390 e. The molecule has 0 bridgehead atoms. The Balaban J connectivity index is 1.79. The Morgan fingerprint density at radius 1 is 1.54 bits per heavy atom. The third-order valence-corrected chi connectivity index (χ3v) is 3.44. The van der Waals surface area contributed by atoms with Crippen LogP contribution < -0.4 is 0 Å². The smallest absolute Gasteiger partial charge is 0.0823 e. The second-order valence-electron chi connectivity index (χ2n) is 3.48. The number of thiophene rings is 1. The first-order chi connectivity index (χ1) is 6.36. The molecule has 0 aliphatic carbocycles. The van der Waals surface area contributed by atoms with Crippen molar-refractivity contribution in [2.45, 2.75) is 18.9 Å². The first-order valence-corrected chi connectivity index (χ1v) is 5.52. The molecule has 2 rings (SSSR count). The lowest BCUT2D eigenvalue weighted by molar-refractivity contribution is 0.117. The zero-order valence-corrected chi connectivity index (χ0v) is 8.30. The normalized spacial score (nSPS) is 28.1. The zero-order valence-electron chi connectivity index (χ0n) is 7.48. The number of aliphatic hydroxyl groups is 1. The maximum atomic E-state index is 9.50. The molecule has 13 heavy (non-hydrogen) atoms. The van der Waals surface area contributed by atoms with Crippen LogP contribution in [0, 0.1) is 5.92 Å². The second-order valence-corrected chi connectivity index (χ2v) is 4.52. The minimum atomic E-state index is -0.236. The summed E-state index contributed by atoms with van der Waals surface area (Å²) in [6, 6.07) is 4.22. The van der Waals surface area contributed by atoms with E-state index in [1.54, 1.807) is 11.3 Å². The zero-order chi connectivity index (χ0) is 9.10. The molecule has 0 spiro atoms. The van der Waals surface area contributed by atoms with Crippen molar-refractivity contribution in [1.29, 1.82) is 0 Å². The van der Waals surface area contributed by atoms with Crippen LogP contribution in [0.2, 0.25) is 0 Å². The molecule has 1 aromatic rings. The van der Waals surface area contributed by atoms with E-state index in [1.807, 2.05) is 0 Å².